The van der Waals surface area contributed by atoms with Crippen molar-refractivity contribution in [1.29, 1.82) is 0 Å². The first-order chi connectivity index (χ1) is 17.1. The standard InChI is InChI=1S/C27H21N3O5/c1-34-24-14-15-28-26(29-24)30(18-12-10-17(11-13-18)25(31)32)27(33)35-16-23-21-8-4-2-6-19(21)20-7-3-5-9-22(20)23/h2-15,23H,16H2,1H3,(H,31,32). The number of hydrogen-bond donors (Lipinski definition) is 1. The molecular weight excluding hydrogens is 446 g/mol. The van der Waals surface area contributed by atoms with Gasteiger partial charge in [0.2, 0.25) is 11.8 Å². The molecule has 8 nitrogen and oxygen atoms in total. The molecule has 0 saturated heterocycles. The van der Waals surface area contributed by atoms with Crippen LogP contribution in [0.15, 0.2) is 85.1 Å². The quantitative estimate of drug-likeness (QED) is 0.412. The number of anilines is 2. The number of carbonyl (C=O) groups excluding carboxylic acids is 1. The van der Waals surface area contributed by atoms with Gasteiger partial charge in [0.05, 0.1) is 18.4 Å². The summed E-state index contributed by atoms with van der Waals surface area (Å²) < 4.78 is 11.0. The van der Waals surface area contributed by atoms with Gasteiger partial charge < -0.3 is 14.6 Å². The van der Waals surface area contributed by atoms with Gasteiger partial charge in [0.25, 0.3) is 0 Å². The van der Waals surface area contributed by atoms with Gasteiger partial charge >= 0.3 is 12.1 Å². The highest BCUT2D eigenvalue weighted by atomic mass is 16.6. The number of rotatable bonds is 6. The van der Waals surface area contributed by atoms with Gasteiger partial charge in [-0.15, -0.1) is 0 Å². The third-order valence-corrected chi connectivity index (χ3v) is 5.92. The maximum absolute atomic E-state index is 13.4. The number of aromatic nitrogens is 2. The summed E-state index contributed by atoms with van der Waals surface area (Å²) in [5.41, 5.74) is 4.89. The molecule has 5 rings (SSSR count). The number of fused-ring (bicyclic) bond motifs is 3. The Morgan fingerprint density at radius 1 is 0.914 bits per heavy atom. The first-order valence-electron chi connectivity index (χ1n) is 10.9. The summed E-state index contributed by atoms with van der Waals surface area (Å²) in [6.45, 7) is 0.112. The van der Waals surface area contributed by atoms with Gasteiger partial charge in [-0.1, -0.05) is 48.5 Å². The van der Waals surface area contributed by atoms with E-state index < -0.39 is 12.1 Å². The fourth-order valence-electron chi connectivity index (χ4n) is 4.27. The average molecular weight is 467 g/mol. The van der Waals surface area contributed by atoms with Gasteiger partial charge in [0, 0.05) is 18.2 Å². The maximum Gasteiger partial charge on any atom is 0.421 e. The Bertz CT molecular complexity index is 1360. The molecule has 0 unspecified atom stereocenters. The number of methoxy groups -OCH3 is 1. The van der Waals surface area contributed by atoms with Crippen molar-refractivity contribution in [2.45, 2.75) is 5.92 Å². The molecule has 0 spiro atoms. The molecule has 1 amide bonds. The lowest BCUT2D eigenvalue weighted by atomic mass is 9.98. The molecule has 4 aromatic rings. The number of carboxylic acids is 1. The van der Waals surface area contributed by atoms with E-state index in [2.05, 4.69) is 22.1 Å². The van der Waals surface area contributed by atoms with E-state index in [-0.39, 0.29) is 29.9 Å². The van der Waals surface area contributed by atoms with E-state index in [9.17, 15) is 14.7 Å². The molecule has 0 aliphatic heterocycles. The minimum Gasteiger partial charge on any atom is -0.481 e. The lowest BCUT2D eigenvalue weighted by Gasteiger charge is -2.22. The molecule has 3 aromatic carbocycles. The Balaban J connectivity index is 1.46. The zero-order valence-corrected chi connectivity index (χ0v) is 18.8. The normalized spacial score (nSPS) is 11.9. The van der Waals surface area contributed by atoms with Crippen LogP contribution >= 0.6 is 0 Å². The Morgan fingerprint density at radius 3 is 2.14 bits per heavy atom. The van der Waals surface area contributed by atoms with E-state index in [1.54, 1.807) is 6.07 Å². The predicted octanol–water partition coefficient (Wildman–Crippen LogP) is 5.27. The summed E-state index contributed by atoms with van der Waals surface area (Å²) in [6.07, 6.45) is 0.777. The van der Waals surface area contributed by atoms with Crippen LogP contribution in [0.25, 0.3) is 11.1 Å². The van der Waals surface area contributed by atoms with Crippen LogP contribution in [-0.4, -0.2) is 40.9 Å². The van der Waals surface area contributed by atoms with E-state index in [0.717, 1.165) is 22.3 Å². The minimum absolute atomic E-state index is 0.0460. The first-order valence-corrected chi connectivity index (χ1v) is 10.9. The summed E-state index contributed by atoms with van der Waals surface area (Å²) in [6, 6.07) is 23.5. The van der Waals surface area contributed by atoms with Gasteiger partial charge in [-0.25, -0.2) is 19.5 Å². The molecule has 1 heterocycles. The van der Waals surface area contributed by atoms with E-state index >= 15 is 0 Å². The monoisotopic (exact) mass is 467 g/mol. The van der Waals surface area contributed by atoms with Crippen LogP contribution in [0.4, 0.5) is 16.4 Å². The zero-order valence-electron chi connectivity index (χ0n) is 18.8. The number of carboxylic acid groups (broad SMARTS) is 1. The van der Waals surface area contributed by atoms with Crippen LogP contribution in [0.5, 0.6) is 5.88 Å². The van der Waals surface area contributed by atoms with Crippen molar-refractivity contribution in [1.82, 2.24) is 9.97 Å². The molecule has 174 valence electrons. The van der Waals surface area contributed by atoms with Crippen LogP contribution < -0.4 is 9.64 Å². The lowest BCUT2D eigenvalue weighted by molar-refractivity contribution is 0.0697. The van der Waals surface area contributed by atoms with Crippen LogP contribution in [-0.2, 0) is 4.74 Å². The molecule has 1 N–H and O–H groups in total. The molecule has 1 aliphatic carbocycles. The SMILES string of the molecule is COc1ccnc(N(C(=O)OCC2c3ccccc3-c3ccccc32)c2ccc(C(=O)O)cc2)n1. The van der Waals surface area contributed by atoms with E-state index in [1.165, 1.54) is 42.5 Å². The van der Waals surface area contributed by atoms with Crippen molar-refractivity contribution >= 4 is 23.7 Å². The van der Waals surface area contributed by atoms with Crippen molar-refractivity contribution < 1.29 is 24.2 Å². The molecular formula is C27H21N3O5. The Morgan fingerprint density at radius 2 is 1.54 bits per heavy atom. The highest BCUT2D eigenvalue weighted by Crippen LogP contribution is 2.44. The van der Waals surface area contributed by atoms with Crippen molar-refractivity contribution in [3.63, 3.8) is 0 Å². The number of amides is 1. The van der Waals surface area contributed by atoms with Gasteiger partial charge in [-0.2, -0.15) is 4.98 Å². The fraction of sp³-hybridized carbons (Fsp3) is 0.111. The molecule has 1 aliphatic rings. The minimum atomic E-state index is -1.07. The van der Waals surface area contributed by atoms with E-state index in [4.69, 9.17) is 9.47 Å². The Labute approximate surface area is 201 Å². The lowest BCUT2D eigenvalue weighted by Crippen LogP contribution is -2.30. The molecule has 0 atom stereocenters. The maximum atomic E-state index is 13.4. The topological polar surface area (TPSA) is 102 Å². The van der Waals surface area contributed by atoms with Crippen molar-refractivity contribution in [3.05, 3.63) is 102 Å². The first kappa shape index (κ1) is 22.1. The second-order valence-corrected chi connectivity index (χ2v) is 7.89. The predicted molar refractivity (Wildman–Crippen MR) is 129 cm³/mol. The van der Waals surface area contributed by atoms with Crippen LogP contribution in [0.2, 0.25) is 0 Å². The van der Waals surface area contributed by atoms with Gasteiger partial charge in [-0.05, 0) is 46.5 Å². The number of nitrogens with zero attached hydrogens (tertiary/aromatic N) is 3. The molecule has 1 aromatic heterocycles. The smallest absolute Gasteiger partial charge is 0.421 e. The second kappa shape index (κ2) is 9.26. The second-order valence-electron chi connectivity index (χ2n) is 7.89. The van der Waals surface area contributed by atoms with Crippen molar-refractivity contribution in [2.75, 3.05) is 18.6 Å². The van der Waals surface area contributed by atoms with Gasteiger partial charge in [0.15, 0.2) is 0 Å². The van der Waals surface area contributed by atoms with Crippen LogP contribution in [0.1, 0.15) is 27.4 Å². The Hall–Kier alpha value is -4.72. The number of benzene rings is 3. The molecule has 0 radical (unpaired) electrons. The third-order valence-electron chi connectivity index (χ3n) is 5.92. The summed E-state index contributed by atoms with van der Waals surface area (Å²) >= 11 is 0. The molecule has 8 heteroatoms. The summed E-state index contributed by atoms with van der Waals surface area (Å²) in [5.74, 6) is -0.867. The Kier molecular flexibility index (Phi) is 5.85. The van der Waals surface area contributed by atoms with Crippen molar-refractivity contribution in [3.8, 4) is 17.0 Å². The molecule has 0 bridgehead atoms. The largest absolute Gasteiger partial charge is 0.481 e. The number of hydrogen-bond acceptors (Lipinski definition) is 6. The van der Waals surface area contributed by atoms with Crippen LogP contribution in [0, 0.1) is 0 Å². The van der Waals surface area contributed by atoms with Gasteiger partial charge in [-0.3, -0.25) is 0 Å². The summed E-state index contributed by atoms with van der Waals surface area (Å²) in [5, 5.41) is 9.23. The summed E-state index contributed by atoms with van der Waals surface area (Å²) in [7, 11) is 1.46. The van der Waals surface area contributed by atoms with E-state index in [0.29, 0.717) is 5.69 Å². The highest BCUT2D eigenvalue weighted by Gasteiger charge is 2.31. The molecule has 0 saturated carbocycles. The average Bonchev–Trinajstić information content (AvgIpc) is 3.22. The third kappa shape index (κ3) is 4.17. The molecule has 35 heavy (non-hydrogen) atoms. The highest BCUT2D eigenvalue weighted by molar-refractivity contribution is 5.95. The number of ether oxygens (including phenoxy) is 2. The number of carbonyl (C=O) groups is 2. The van der Waals surface area contributed by atoms with Crippen molar-refractivity contribution in [2.24, 2.45) is 0 Å². The van der Waals surface area contributed by atoms with Crippen LogP contribution in [0.3, 0.4) is 0 Å². The zero-order chi connectivity index (χ0) is 24.4. The summed E-state index contributed by atoms with van der Waals surface area (Å²) in [4.78, 5) is 34.4. The fourth-order valence-corrected chi connectivity index (χ4v) is 4.27. The van der Waals surface area contributed by atoms with Gasteiger partial charge in [0.1, 0.15) is 6.61 Å². The molecule has 0 fully saturated rings. The number of aromatic carboxylic acids is 1. The van der Waals surface area contributed by atoms with E-state index in [1.807, 2.05) is 36.4 Å².